The average molecular weight is 336 g/mol. The standard InChI is InChI=1S/C23H28O2/c1-3-20(25)23-12-10-22(11-13-23)19-7-4-15-14-16(24)5-6-17(15)18(19)8-9-21(22,23)2/h4,7,10,12,14,17-19H,3,5-6,8-9,11,13H2,1-2H3/t17-,18+,19+,21-,22?,23+/m0/s1. The van der Waals surface area contributed by atoms with Gasteiger partial charge in [0.25, 0.3) is 0 Å². The van der Waals surface area contributed by atoms with Crippen molar-refractivity contribution in [2.45, 2.75) is 58.8 Å². The molecular formula is C23H28O2. The topological polar surface area (TPSA) is 34.1 Å². The van der Waals surface area contributed by atoms with Crippen LogP contribution in [-0.2, 0) is 9.59 Å². The number of ketones is 2. The van der Waals surface area contributed by atoms with Crippen molar-refractivity contribution >= 4 is 11.6 Å². The second-order valence-electron chi connectivity index (χ2n) is 9.30. The summed E-state index contributed by atoms with van der Waals surface area (Å²) in [5.74, 6) is 2.48. The maximum atomic E-state index is 13.0. The van der Waals surface area contributed by atoms with Crippen LogP contribution in [0.15, 0.2) is 36.0 Å². The van der Waals surface area contributed by atoms with Crippen molar-refractivity contribution in [3.8, 4) is 0 Å². The van der Waals surface area contributed by atoms with Gasteiger partial charge in [0.2, 0.25) is 0 Å². The van der Waals surface area contributed by atoms with Gasteiger partial charge in [0.15, 0.2) is 5.78 Å². The Bertz CT molecular complexity index is 756. The minimum absolute atomic E-state index is 0.0876. The van der Waals surface area contributed by atoms with Gasteiger partial charge in [-0.15, -0.1) is 0 Å². The first-order chi connectivity index (χ1) is 12.0. The van der Waals surface area contributed by atoms with Gasteiger partial charge in [-0.2, -0.15) is 0 Å². The van der Waals surface area contributed by atoms with Crippen LogP contribution in [-0.4, -0.2) is 11.6 Å². The molecule has 6 atom stereocenters. The van der Waals surface area contributed by atoms with Crippen LogP contribution < -0.4 is 0 Å². The zero-order valence-electron chi connectivity index (χ0n) is 15.4. The van der Waals surface area contributed by atoms with Gasteiger partial charge in [0, 0.05) is 18.3 Å². The molecule has 0 aliphatic heterocycles. The molecule has 1 unspecified atom stereocenters. The molecule has 2 nitrogen and oxygen atoms in total. The van der Waals surface area contributed by atoms with E-state index in [1.165, 1.54) is 12.0 Å². The lowest BCUT2D eigenvalue weighted by Gasteiger charge is -2.57. The lowest BCUT2D eigenvalue weighted by atomic mass is 9.46. The molecule has 0 aromatic rings. The van der Waals surface area contributed by atoms with Gasteiger partial charge < -0.3 is 0 Å². The Labute approximate surface area is 150 Å². The molecule has 2 heteroatoms. The minimum Gasteiger partial charge on any atom is -0.299 e. The van der Waals surface area contributed by atoms with Crippen molar-refractivity contribution < 1.29 is 9.59 Å². The molecule has 2 bridgehead atoms. The highest BCUT2D eigenvalue weighted by Crippen LogP contribution is 2.77. The van der Waals surface area contributed by atoms with E-state index >= 15 is 0 Å². The van der Waals surface area contributed by atoms with E-state index in [0.29, 0.717) is 42.2 Å². The highest BCUT2D eigenvalue weighted by Gasteiger charge is 2.72. The molecule has 0 N–H and O–H groups in total. The third-order valence-electron chi connectivity index (χ3n) is 8.93. The average Bonchev–Trinajstić information content (AvgIpc) is 3.05. The lowest BCUT2D eigenvalue weighted by molar-refractivity contribution is -0.136. The van der Waals surface area contributed by atoms with E-state index in [2.05, 4.69) is 31.2 Å². The second kappa shape index (κ2) is 4.84. The first-order valence-electron chi connectivity index (χ1n) is 10.1. The first-order valence-corrected chi connectivity index (χ1v) is 10.1. The summed E-state index contributed by atoms with van der Waals surface area (Å²) < 4.78 is 0. The van der Waals surface area contributed by atoms with Crippen LogP contribution in [0.5, 0.6) is 0 Å². The van der Waals surface area contributed by atoms with E-state index in [-0.39, 0.29) is 16.2 Å². The predicted molar refractivity (Wildman–Crippen MR) is 97.8 cm³/mol. The smallest absolute Gasteiger partial charge is 0.155 e. The Balaban J connectivity index is 1.60. The SMILES string of the molecule is CCC(=O)[C@@]12C=CC3(CC1)[C@@H]1C=CC4=CC(=O)CC[C@@H]4[C@H]1CC[C@@]32C. The van der Waals surface area contributed by atoms with Crippen LogP contribution in [0.25, 0.3) is 0 Å². The number of allylic oxidation sites excluding steroid dienone is 6. The van der Waals surface area contributed by atoms with E-state index < -0.39 is 0 Å². The van der Waals surface area contributed by atoms with Gasteiger partial charge in [0.05, 0.1) is 5.41 Å². The fourth-order valence-electron chi connectivity index (χ4n) is 7.61. The Morgan fingerprint density at radius 1 is 1.20 bits per heavy atom. The third-order valence-corrected chi connectivity index (χ3v) is 8.93. The van der Waals surface area contributed by atoms with Crippen molar-refractivity contribution in [2.75, 3.05) is 0 Å². The summed E-state index contributed by atoms with van der Waals surface area (Å²) in [5.41, 5.74) is 1.31. The van der Waals surface area contributed by atoms with Gasteiger partial charge in [-0.25, -0.2) is 0 Å². The van der Waals surface area contributed by atoms with Crippen LogP contribution in [0.4, 0.5) is 0 Å². The van der Waals surface area contributed by atoms with E-state index in [9.17, 15) is 9.59 Å². The summed E-state index contributed by atoms with van der Waals surface area (Å²) in [4.78, 5) is 24.8. The number of hydrogen-bond donors (Lipinski definition) is 0. The van der Waals surface area contributed by atoms with Crippen LogP contribution >= 0.6 is 0 Å². The number of fused-ring (bicyclic) bond motifs is 3. The number of hydrogen-bond acceptors (Lipinski definition) is 2. The second-order valence-corrected chi connectivity index (χ2v) is 9.30. The summed E-state index contributed by atoms with van der Waals surface area (Å²) in [6, 6.07) is 0. The quantitative estimate of drug-likeness (QED) is 0.678. The Kier molecular flexibility index (Phi) is 3.05. The fourth-order valence-corrected chi connectivity index (χ4v) is 7.61. The molecule has 5 aliphatic carbocycles. The van der Waals surface area contributed by atoms with Crippen molar-refractivity contribution in [1.29, 1.82) is 0 Å². The molecule has 0 spiro atoms. The highest BCUT2D eigenvalue weighted by molar-refractivity contribution is 5.92. The number of carbonyl (C=O) groups excluding carboxylic acids is 2. The molecule has 132 valence electrons. The number of rotatable bonds is 2. The molecule has 0 heterocycles. The Morgan fingerprint density at radius 2 is 2.04 bits per heavy atom. The Hall–Kier alpha value is -1.44. The van der Waals surface area contributed by atoms with Crippen molar-refractivity contribution in [1.82, 2.24) is 0 Å². The highest BCUT2D eigenvalue weighted by atomic mass is 16.1. The third kappa shape index (κ3) is 1.63. The van der Waals surface area contributed by atoms with Crippen molar-refractivity contribution in [3.63, 3.8) is 0 Å². The summed E-state index contributed by atoms with van der Waals surface area (Å²) in [5, 5.41) is 0. The molecule has 2 fully saturated rings. The molecule has 0 aromatic carbocycles. The monoisotopic (exact) mass is 336 g/mol. The normalized spacial score (nSPS) is 49.4. The number of carbonyl (C=O) groups is 2. The van der Waals surface area contributed by atoms with Crippen molar-refractivity contribution in [3.05, 3.63) is 36.0 Å². The molecule has 5 aliphatic rings. The van der Waals surface area contributed by atoms with Crippen LogP contribution in [0, 0.1) is 34.0 Å². The van der Waals surface area contributed by atoms with Gasteiger partial charge in [-0.1, -0.05) is 38.2 Å². The molecule has 25 heavy (non-hydrogen) atoms. The maximum absolute atomic E-state index is 13.0. The summed E-state index contributed by atoms with van der Waals surface area (Å²) in [6.07, 6.45) is 18.2. The van der Waals surface area contributed by atoms with Crippen LogP contribution in [0.3, 0.4) is 0 Å². The van der Waals surface area contributed by atoms with E-state index in [0.717, 1.165) is 25.7 Å². The zero-order chi connectivity index (χ0) is 17.4. The van der Waals surface area contributed by atoms with E-state index in [1.807, 2.05) is 13.0 Å². The van der Waals surface area contributed by atoms with E-state index in [1.54, 1.807) is 0 Å². The number of Topliss-reactive ketones (excluding diaryl/α,β-unsaturated/α-hetero) is 1. The molecule has 0 amide bonds. The molecule has 0 saturated heterocycles. The van der Waals surface area contributed by atoms with Gasteiger partial charge in [-0.3, -0.25) is 9.59 Å². The molecule has 0 aromatic heterocycles. The van der Waals surface area contributed by atoms with Crippen LogP contribution in [0.1, 0.15) is 58.8 Å². The van der Waals surface area contributed by atoms with Crippen molar-refractivity contribution in [2.24, 2.45) is 34.0 Å². The summed E-state index contributed by atoms with van der Waals surface area (Å²) in [6.45, 7) is 4.43. The molecular weight excluding hydrogens is 308 g/mol. The molecule has 5 rings (SSSR count). The zero-order valence-corrected chi connectivity index (χ0v) is 15.4. The van der Waals surface area contributed by atoms with Gasteiger partial charge in [-0.05, 0) is 66.9 Å². The predicted octanol–water partition coefficient (Wildman–Crippen LogP) is 4.81. The summed E-state index contributed by atoms with van der Waals surface area (Å²) in [7, 11) is 0. The first kappa shape index (κ1) is 15.8. The Morgan fingerprint density at radius 3 is 2.76 bits per heavy atom. The molecule has 2 saturated carbocycles. The lowest BCUT2D eigenvalue weighted by Crippen LogP contribution is -2.53. The van der Waals surface area contributed by atoms with Crippen LogP contribution in [0.2, 0.25) is 0 Å². The van der Waals surface area contributed by atoms with E-state index in [4.69, 9.17) is 0 Å². The molecule has 0 radical (unpaired) electrons. The maximum Gasteiger partial charge on any atom is 0.155 e. The van der Waals surface area contributed by atoms with Gasteiger partial charge >= 0.3 is 0 Å². The minimum atomic E-state index is -0.209. The fraction of sp³-hybridized carbons (Fsp3) is 0.652. The largest absolute Gasteiger partial charge is 0.299 e. The van der Waals surface area contributed by atoms with Gasteiger partial charge in [0.1, 0.15) is 5.78 Å². The summed E-state index contributed by atoms with van der Waals surface area (Å²) >= 11 is 0.